The van der Waals surface area contributed by atoms with Gasteiger partial charge in [-0.2, -0.15) is 0 Å². The van der Waals surface area contributed by atoms with E-state index in [-0.39, 0.29) is 23.5 Å². The first-order valence-electron chi connectivity index (χ1n) is 8.85. The molecule has 0 unspecified atom stereocenters. The van der Waals surface area contributed by atoms with Crippen LogP contribution in [0.4, 0.5) is 0 Å². The van der Waals surface area contributed by atoms with Crippen molar-refractivity contribution < 1.29 is 14.3 Å². The van der Waals surface area contributed by atoms with Crippen molar-refractivity contribution >= 4 is 23.2 Å². The first-order valence-corrected chi connectivity index (χ1v) is 9.73. The van der Waals surface area contributed by atoms with Gasteiger partial charge in [0, 0.05) is 32.2 Å². The Balaban J connectivity index is 1.46. The van der Waals surface area contributed by atoms with Crippen LogP contribution in [0.25, 0.3) is 0 Å². The molecule has 3 saturated heterocycles. The lowest BCUT2D eigenvalue weighted by Crippen LogP contribution is -2.50. The quantitative estimate of drug-likeness (QED) is 0.825. The Morgan fingerprint density at radius 1 is 1.42 bits per heavy atom. The summed E-state index contributed by atoms with van der Waals surface area (Å²) in [5.74, 6) is 0.416. The molecule has 3 aliphatic heterocycles. The molecule has 0 N–H and O–H groups in total. The SMILES string of the molecule is Cc1ccsc1C(=O)N1CC[C@]2(C[C@@H](N3CCCC3=O)CCO2)C1. The van der Waals surface area contributed by atoms with Gasteiger partial charge in [-0.25, -0.2) is 0 Å². The van der Waals surface area contributed by atoms with Crippen LogP contribution in [0.5, 0.6) is 0 Å². The molecule has 1 spiro atoms. The van der Waals surface area contributed by atoms with Crippen molar-refractivity contribution in [3.05, 3.63) is 21.9 Å². The summed E-state index contributed by atoms with van der Waals surface area (Å²) >= 11 is 1.52. The number of nitrogens with zero attached hydrogens (tertiary/aromatic N) is 2. The number of rotatable bonds is 2. The number of hydrogen-bond acceptors (Lipinski definition) is 4. The van der Waals surface area contributed by atoms with Crippen LogP contribution in [0.2, 0.25) is 0 Å². The number of thiophene rings is 1. The first-order chi connectivity index (χ1) is 11.6. The summed E-state index contributed by atoms with van der Waals surface area (Å²) < 4.78 is 6.15. The standard InChI is InChI=1S/C18H24N2O3S/c1-13-5-10-24-16(13)17(22)19-8-6-18(12-19)11-14(4-9-23-18)20-7-2-3-15(20)21/h5,10,14H,2-4,6-9,11-12H2,1H3/t14-,18-/m0/s1. The van der Waals surface area contributed by atoms with Gasteiger partial charge in [0.25, 0.3) is 5.91 Å². The van der Waals surface area contributed by atoms with Crippen LogP contribution < -0.4 is 0 Å². The van der Waals surface area contributed by atoms with E-state index in [0.29, 0.717) is 19.6 Å². The van der Waals surface area contributed by atoms with E-state index in [1.807, 2.05) is 23.3 Å². The van der Waals surface area contributed by atoms with Gasteiger partial charge in [-0.3, -0.25) is 9.59 Å². The minimum Gasteiger partial charge on any atom is -0.373 e. The molecular formula is C18H24N2O3S. The number of aryl methyl sites for hydroxylation is 1. The van der Waals surface area contributed by atoms with Gasteiger partial charge in [-0.15, -0.1) is 11.3 Å². The Morgan fingerprint density at radius 3 is 3.00 bits per heavy atom. The Hall–Kier alpha value is -1.40. The summed E-state index contributed by atoms with van der Waals surface area (Å²) in [7, 11) is 0. The van der Waals surface area contributed by atoms with Crippen molar-refractivity contribution in [2.45, 2.75) is 50.7 Å². The third-order valence-electron chi connectivity index (χ3n) is 5.68. The number of amides is 2. The van der Waals surface area contributed by atoms with E-state index in [9.17, 15) is 9.59 Å². The molecule has 0 aromatic carbocycles. The molecule has 0 saturated carbocycles. The van der Waals surface area contributed by atoms with Crippen molar-refractivity contribution in [3.63, 3.8) is 0 Å². The molecule has 130 valence electrons. The van der Waals surface area contributed by atoms with Crippen molar-refractivity contribution in [3.8, 4) is 0 Å². The minimum atomic E-state index is -0.257. The van der Waals surface area contributed by atoms with E-state index in [4.69, 9.17) is 4.74 Å². The highest BCUT2D eigenvalue weighted by Gasteiger charge is 2.47. The maximum Gasteiger partial charge on any atom is 0.264 e. The molecule has 2 atom stereocenters. The summed E-state index contributed by atoms with van der Waals surface area (Å²) in [6.07, 6.45) is 4.33. The van der Waals surface area contributed by atoms with E-state index in [1.54, 1.807) is 0 Å². The molecule has 3 fully saturated rings. The van der Waals surface area contributed by atoms with Crippen LogP contribution >= 0.6 is 11.3 Å². The predicted octanol–water partition coefficient (Wildman–Crippen LogP) is 2.44. The van der Waals surface area contributed by atoms with E-state index in [0.717, 1.165) is 49.2 Å². The summed E-state index contributed by atoms with van der Waals surface area (Å²) in [6, 6.07) is 2.28. The van der Waals surface area contributed by atoms with Gasteiger partial charge in [-0.1, -0.05) is 0 Å². The molecule has 3 aliphatic rings. The van der Waals surface area contributed by atoms with E-state index in [2.05, 4.69) is 4.90 Å². The molecule has 24 heavy (non-hydrogen) atoms. The van der Waals surface area contributed by atoms with Crippen LogP contribution in [0.3, 0.4) is 0 Å². The maximum absolute atomic E-state index is 12.8. The van der Waals surface area contributed by atoms with Gasteiger partial charge in [0.2, 0.25) is 5.91 Å². The summed E-state index contributed by atoms with van der Waals surface area (Å²) in [5.41, 5.74) is 0.795. The molecule has 1 aromatic heterocycles. The van der Waals surface area contributed by atoms with Crippen molar-refractivity contribution in [1.29, 1.82) is 0 Å². The lowest BCUT2D eigenvalue weighted by Gasteiger charge is -2.41. The molecular weight excluding hydrogens is 324 g/mol. The molecule has 1 aromatic rings. The first kappa shape index (κ1) is 16.1. The zero-order chi connectivity index (χ0) is 16.7. The molecule has 0 radical (unpaired) electrons. The van der Waals surface area contributed by atoms with E-state index in [1.165, 1.54) is 11.3 Å². The van der Waals surface area contributed by atoms with Gasteiger partial charge < -0.3 is 14.5 Å². The lowest BCUT2D eigenvalue weighted by molar-refractivity contribution is -0.137. The van der Waals surface area contributed by atoms with Crippen LogP contribution in [-0.2, 0) is 9.53 Å². The van der Waals surface area contributed by atoms with Crippen molar-refractivity contribution in [1.82, 2.24) is 9.80 Å². The smallest absolute Gasteiger partial charge is 0.264 e. The Labute approximate surface area is 146 Å². The lowest BCUT2D eigenvalue weighted by atomic mass is 9.89. The number of hydrogen-bond donors (Lipinski definition) is 0. The Morgan fingerprint density at radius 2 is 2.29 bits per heavy atom. The van der Waals surface area contributed by atoms with Crippen molar-refractivity contribution in [2.75, 3.05) is 26.2 Å². The maximum atomic E-state index is 12.8. The largest absolute Gasteiger partial charge is 0.373 e. The molecule has 0 aliphatic carbocycles. The molecule has 6 heteroatoms. The normalized spacial score (nSPS) is 30.5. The second-order valence-corrected chi connectivity index (χ2v) is 8.19. The third kappa shape index (κ3) is 2.75. The van der Waals surface area contributed by atoms with Gasteiger partial charge in [-0.05, 0) is 49.6 Å². The van der Waals surface area contributed by atoms with Crippen LogP contribution in [-0.4, -0.2) is 59.5 Å². The fraction of sp³-hybridized carbons (Fsp3) is 0.667. The van der Waals surface area contributed by atoms with Gasteiger partial charge in [0.05, 0.1) is 17.0 Å². The Kier molecular flexibility index (Phi) is 4.12. The summed E-state index contributed by atoms with van der Waals surface area (Å²) in [6.45, 7) is 4.96. The highest BCUT2D eigenvalue weighted by Crippen LogP contribution is 2.38. The van der Waals surface area contributed by atoms with E-state index < -0.39 is 0 Å². The van der Waals surface area contributed by atoms with E-state index >= 15 is 0 Å². The summed E-state index contributed by atoms with van der Waals surface area (Å²) in [4.78, 5) is 29.7. The molecule has 0 bridgehead atoms. The van der Waals surface area contributed by atoms with Crippen molar-refractivity contribution in [2.24, 2.45) is 0 Å². The third-order valence-corrected chi connectivity index (χ3v) is 6.68. The number of carbonyl (C=O) groups is 2. The van der Waals surface area contributed by atoms with Gasteiger partial charge in [0.15, 0.2) is 0 Å². The Bertz CT molecular complexity index is 658. The average Bonchev–Trinajstić information content (AvgIpc) is 3.28. The monoisotopic (exact) mass is 348 g/mol. The topological polar surface area (TPSA) is 49.9 Å². The number of likely N-dealkylation sites (tertiary alicyclic amines) is 2. The fourth-order valence-corrected chi connectivity index (χ4v) is 5.25. The fourth-order valence-electron chi connectivity index (χ4n) is 4.36. The zero-order valence-corrected chi connectivity index (χ0v) is 14.9. The van der Waals surface area contributed by atoms with Crippen LogP contribution in [0.1, 0.15) is 47.3 Å². The minimum absolute atomic E-state index is 0.127. The van der Waals surface area contributed by atoms with Gasteiger partial charge in [0.1, 0.15) is 0 Å². The summed E-state index contributed by atoms with van der Waals surface area (Å²) in [5, 5.41) is 1.97. The zero-order valence-electron chi connectivity index (χ0n) is 14.1. The predicted molar refractivity (Wildman–Crippen MR) is 92.2 cm³/mol. The molecule has 4 rings (SSSR count). The average molecular weight is 348 g/mol. The highest BCUT2D eigenvalue weighted by molar-refractivity contribution is 7.12. The number of ether oxygens (including phenoxy) is 1. The van der Waals surface area contributed by atoms with Crippen LogP contribution in [0.15, 0.2) is 11.4 Å². The number of carbonyl (C=O) groups excluding carboxylic acids is 2. The second-order valence-electron chi connectivity index (χ2n) is 7.28. The molecule has 4 heterocycles. The highest BCUT2D eigenvalue weighted by atomic mass is 32.1. The van der Waals surface area contributed by atoms with Crippen LogP contribution in [0, 0.1) is 6.92 Å². The second kappa shape index (κ2) is 6.15. The molecule has 2 amide bonds. The van der Waals surface area contributed by atoms with Gasteiger partial charge >= 0.3 is 0 Å². The molecule has 5 nitrogen and oxygen atoms in total.